The minimum absolute atomic E-state index is 0. The van der Waals surface area contributed by atoms with Crippen LogP contribution in [0.3, 0.4) is 0 Å². The van der Waals surface area contributed by atoms with Crippen LogP contribution in [-0.4, -0.2) is 33.8 Å². The van der Waals surface area contributed by atoms with Crippen LogP contribution in [0.1, 0.15) is 6.92 Å². The quantitative estimate of drug-likeness (QED) is 0.278. The molecule has 0 aliphatic rings. The molecule has 0 saturated carbocycles. The van der Waals surface area contributed by atoms with E-state index in [1.807, 2.05) is 0 Å². The van der Waals surface area contributed by atoms with Gasteiger partial charge in [-0.2, -0.15) is 0 Å². The smallest absolute Gasteiger partial charge is 0.0416 e. The summed E-state index contributed by atoms with van der Waals surface area (Å²) in [6.07, 6.45) is 0. The summed E-state index contributed by atoms with van der Waals surface area (Å²) in [5, 5.41) is 0. The molecule has 0 nitrogen and oxygen atoms in total. The van der Waals surface area contributed by atoms with Crippen molar-refractivity contribution >= 4 is 58.6 Å². The molecule has 0 N–H and O–H groups in total. The summed E-state index contributed by atoms with van der Waals surface area (Å²) in [6, 6.07) is 0. The Hall–Kier alpha value is 1.44. The first-order valence-corrected chi connectivity index (χ1v) is 1.78. The number of thiol groups is 1. The van der Waals surface area contributed by atoms with Gasteiger partial charge in [0.15, 0.2) is 0 Å². The molecule has 0 aromatic heterocycles. The Morgan fingerprint density at radius 2 is 1.80 bits per heavy atom. The Morgan fingerprint density at radius 3 is 1.80 bits per heavy atom. The van der Waals surface area contributed by atoms with Gasteiger partial charge in [-0.25, -0.2) is 0 Å². The van der Waals surface area contributed by atoms with Gasteiger partial charge >= 0.3 is 0 Å². The molecule has 0 atom stereocenters. The molecule has 0 aliphatic carbocycles. The molecule has 3 heteroatoms. The maximum Gasteiger partial charge on any atom is 0.0416 e. The van der Waals surface area contributed by atoms with Crippen molar-refractivity contribution in [3.05, 3.63) is 0 Å². The molecule has 0 saturated heterocycles. The first-order valence-electron chi connectivity index (χ1n) is 0.928. The Labute approximate surface area is 65.0 Å². The van der Waals surface area contributed by atoms with E-state index in [-0.39, 0.29) is 29.6 Å². The fraction of sp³-hybridized carbons (Fsp3) is 0.500. The van der Waals surface area contributed by atoms with Crippen LogP contribution < -0.4 is 0 Å². The number of hydrogen-bond donors (Lipinski definition) is 1. The van der Waals surface area contributed by atoms with Crippen LogP contribution in [-0.2, 0) is 0 Å². The van der Waals surface area contributed by atoms with E-state index in [1.165, 1.54) is 0 Å². The molecule has 0 aromatic carbocycles. The topological polar surface area (TPSA) is 0 Å². The van der Waals surface area contributed by atoms with Gasteiger partial charge in [0.2, 0.25) is 0 Å². The summed E-state index contributed by atoms with van der Waals surface area (Å²) < 4.78 is 0.694. The van der Waals surface area contributed by atoms with Gasteiger partial charge in [0.25, 0.3) is 0 Å². The number of hydrogen-bond acceptors (Lipinski definition) is 1. The molecule has 0 aliphatic heterocycles. The fourth-order valence-corrected chi connectivity index (χ4v) is 0. The summed E-state index contributed by atoms with van der Waals surface area (Å²) in [5.74, 6) is 0. The minimum atomic E-state index is 0. The van der Waals surface area contributed by atoms with Gasteiger partial charge in [-0.3, -0.25) is 0 Å². The van der Waals surface area contributed by atoms with E-state index < -0.39 is 0 Å². The summed E-state index contributed by atoms with van der Waals surface area (Å²) in [6.45, 7) is 1.76. The van der Waals surface area contributed by atoms with E-state index in [1.54, 1.807) is 6.92 Å². The predicted octanol–water partition coefficient (Wildman–Crippen LogP) is 0.883. The van der Waals surface area contributed by atoms with E-state index in [9.17, 15) is 0 Å². The Kier molecular flexibility index (Phi) is 10.5. The molecule has 0 unspecified atom stereocenters. The maximum absolute atomic E-state index is 4.40. The monoisotopic (exact) mass is 115 g/mol. The second-order valence-electron chi connectivity index (χ2n) is 0.519. The van der Waals surface area contributed by atoms with Crippen LogP contribution >= 0.6 is 24.8 Å². The van der Waals surface area contributed by atoms with Crippen molar-refractivity contribution in [1.82, 2.24) is 0 Å². The normalized spacial score (nSPS) is 5.20. The second-order valence-corrected chi connectivity index (χ2v) is 2.10. The molecule has 0 heterocycles. The molecule has 0 amide bonds. The summed E-state index contributed by atoms with van der Waals surface area (Å²) in [7, 11) is 0. The zero-order chi connectivity index (χ0) is 3.58. The Bertz CT molecular complexity index is 30.6. The molecule has 5 heavy (non-hydrogen) atoms. The zero-order valence-corrected chi connectivity index (χ0v) is 7.07. The van der Waals surface area contributed by atoms with Gasteiger partial charge in [-0.15, -0.1) is 12.6 Å². The molecule has 0 bridgehead atoms. The molecule has 0 spiro atoms. The largest absolute Gasteiger partial charge is 0.137 e. The van der Waals surface area contributed by atoms with Gasteiger partial charge < -0.3 is 0 Å². The average Bonchev–Trinajstić information content (AvgIpc) is 0.811. The third-order valence-corrected chi connectivity index (χ3v) is 0. The van der Waals surface area contributed by atoms with Gasteiger partial charge in [0, 0.05) is 33.8 Å². The van der Waals surface area contributed by atoms with Gasteiger partial charge in [-0.1, -0.05) is 12.2 Å². The SMILES string of the molecule is CC(=S)S.[Na]. The van der Waals surface area contributed by atoms with Crippen molar-refractivity contribution in [2.75, 3.05) is 0 Å². The fourth-order valence-electron chi connectivity index (χ4n) is 0. The number of thiocarbonyl (C=S) groups is 1. The summed E-state index contributed by atoms with van der Waals surface area (Å²) in [5.41, 5.74) is 0. The van der Waals surface area contributed by atoms with E-state index in [0.717, 1.165) is 0 Å². The number of rotatable bonds is 0. The summed E-state index contributed by atoms with van der Waals surface area (Å²) in [4.78, 5) is 0. The van der Waals surface area contributed by atoms with Crippen molar-refractivity contribution in [2.24, 2.45) is 0 Å². The molecule has 1 radical (unpaired) electrons. The van der Waals surface area contributed by atoms with Gasteiger partial charge in [0.1, 0.15) is 0 Å². The maximum atomic E-state index is 4.40. The summed E-state index contributed by atoms with van der Waals surface area (Å²) >= 11 is 8.10. The van der Waals surface area contributed by atoms with Crippen molar-refractivity contribution in [1.29, 1.82) is 0 Å². The van der Waals surface area contributed by atoms with E-state index in [4.69, 9.17) is 0 Å². The first kappa shape index (κ1) is 9.67. The van der Waals surface area contributed by atoms with E-state index in [0.29, 0.717) is 4.20 Å². The zero-order valence-electron chi connectivity index (χ0n) is 3.36. The van der Waals surface area contributed by atoms with Crippen LogP contribution in [0.2, 0.25) is 0 Å². The predicted molar refractivity (Wildman–Crippen MR) is 33.0 cm³/mol. The Balaban J connectivity index is 0. The minimum Gasteiger partial charge on any atom is -0.137 e. The van der Waals surface area contributed by atoms with Gasteiger partial charge in [-0.05, 0) is 6.92 Å². The third kappa shape index (κ3) is 31.0. The first-order chi connectivity index (χ1) is 1.73. The average molecular weight is 115 g/mol. The Morgan fingerprint density at radius 1 is 1.80 bits per heavy atom. The van der Waals surface area contributed by atoms with Crippen molar-refractivity contribution in [2.45, 2.75) is 6.92 Å². The van der Waals surface area contributed by atoms with Crippen molar-refractivity contribution in [3.8, 4) is 0 Å². The molecular weight excluding hydrogens is 111 g/mol. The molecule has 0 aromatic rings. The van der Waals surface area contributed by atoms with Crippen LogP contribution in [0, 0.1) is 0 Å². The molecular formula is C2H4NaS2. The third-order valence-electron chi connectivity index (χ3n) is 0. The van der Waals surface area contributed by atoms with E-state index >= 15 is 0 Å². The molecule has 0 rings (SSSR count). The molecule has 0 fully saturated rings. The van der Waals surface area contributed by atoms with Crippen LogP contribution in [0.5, 0.6) is 0 Å². The van der Waals surface area contributed by atoms with Crippen molar-refractivity contribution in [3.63, 3.8) is 0 Å². The standard InChI is InChI=1S/C2H4S2.Na/c1-2(3)4;/h1H3,(H,3,4);. The van der Waals surface area contributed by atoms with E-state index in [2.05, 4.69) is 24.8 Å². The molecule has 25 valence electrons. The van der Waals surface area contributed by atoms with Crippen LogP contribution in [0.25, 0.3) is 0 Å². The van der Waals surface area contributed by atoms with Gasteiger partial charge in [0.05, 0.1) is 0 Å². The van der Waals surface area contributed by atoms with Crippen LogP contribution in [0.4, 0.5) is 0 Å². The van der Waals surface area contributed by atoms with Crippen LogP contribution in [0.15, 0.2) is 0 Å². The second kappa shape index (κ2) is 5.44. The van der Waals surface area contributed by atoms with Crippen molar-refractivity contribution < 1.29 is 0 Å².